The zero-order chi connectivity index (χ0) is 22.3. The topological polar surface area (TPSA) is 85.2 Å². The molecular formula is C26H30O6. The van der Waals surface area contributed by atoms with Crippen molar-refractivity contribution in [3.05, 3.63) is 58.7 Å². The highest BCUT2D eigenvalue weighted by Gasteiger charge is 2.39. The van der Waals surface area contributed by atoms with Gasteiger partial charge in [-0.2, -0.15) is 0 Å². The van der Waals surface area contributed by atoms with E-state index in [1.165, 1.54) is 5.56 Å². The van der Waals surface area contributed by atoms with Crippen molar-refractivity contribution in [2.75, 3.05) is 19.8 Å². The van der Waals surface area contributed by atoms with Crippen LogP contribution in [0.2, 0.25) is 0 Å². The number of aliphatic carboxylic acids is 1. The molecule has 2 aromatic carbocycles. The van der Waals surface area contributed by atoms with E-state index in [1.807, 2.05) is 31.2 Å². The van der Waals surface area contributed by atoms with Gasteiger partial charge in [0, 0.05) is 30.8 Å². The summed E-state index contributed by atoms with van der Waals surface area (Å²) in [7, 11) is 0. The summed E-state index contributed by atoms with van der Waals surface area (Å²) in [6.45, 7) is 3.74. The van der Waals surface area contributed by atoms with Gasteiger partial charge < -0.3 is 24.4 Å². The van der Waals surface area contributed by atoms with Gasteiger partial charge in [-0.05, 0) is 61.3 Å². The normalized spacial score (nSPS) is 24.3. The minimum absolute atomic E-state index is 0.0685. The second kappa shape index (κ2) is 8.41. The van der Waals surface area contributed by atoms with Crippen molar-refractivity contribution in [1.29, 1.82) is 0 Å². The Balaban J connectivity index is 1.36. The van der Waals surface area contributed by atoms with Crippen molar-refractivity contribution in [1.82, 2.24) is 0 Å². The van der Waals surface area contributed by atoms with Crippen molar-refractivity contribution < 1.29 is 29.2 Å². The van der Waals surface area contributed by atoms with E-state index in [1.54, 1.807) is 0 Å². The minimum atomic E-state index is -0.884. The van der Waals surface area contributed by atoms with Gasteiger partial charge in [-0.3, -0.25) is 4.79 Å². The molecule has 170 valence electrons. The number of fused-ring (bicyclic) bond motifs is 2. The molecule has 0 radical (unpaired) electrons. The number of hydrogen-bond donors (Lipinski definition) is 2. The largest absolute Gasteiger partial charge is 0.492 e. The highest BCUT2D eigenvalue weighted by Crippen LogP contribution is 2.45. The molecule has 2 N–H and O–H groups in total. The molecule has 5 rings (SSSR count). The van der Waals surface area contributed by atoms with Gasteiger partial charge in [-0.15, -0.1) is 0 Å². The molecule has 0 saturated carbocycles. The average Bonchev–Trinajstić information content (AvgIpc) is 3.38. The summed E-state index contributed by atoms with van der Waals surface area (Å²) in [5, 5.41) is 20.6. The van der Waals surface area contributed by atoms with Crippen LogP contribution in [0.1, 0.15) is 66.9 Å². The molecule has 3 atom stereocenters. The summed E-state index contributed by atoms with van der Waals surface area (Å²) in [4.78, 5) is 11.1. The van der Waals surface area contributed by atoms with Crippen molar-refractivity contribution in [3.8, 4) is 11.5 Å². The number of rotatable bonds is 6. The molecule has 32 heavy (non-hydrogen) atoms. The molecule has 0 spiro atoms. The van der Waals surface area contributed by atoms with Gasteiger partial charge in [-0.1, -0.05) is 24.3 Å². The molecule has 1 aliphatic carbocycles. The molecule has 2 aromatic rings. The Morgan fingerprint density at radius 2 is 1.97 bits per heavy atom. The molecule has 2 aliphatic heterocycles. The summed E-state index contributed by atoms with van der Waals surface area (Å²) in [5.41, 5.74) is 3.40. The predicted molar refractivity (Wildman–Crippen MR) is 118 cm³/mol. The average molecular weight is 439 g/mol. The minimum Gasteiger partial charge on any atom is -0.492 e. The summed E-state index contributed by atoms with van der Waals surface area (Å²) >= 11 is 0. The van der Waals surface area contributed by atoms with Gasteiger partial charge in [-0.25, -0.2) is 0 Å². The molecule has 1 saturated heterocycles. The first-order valence-electron chi connectivity index (χ1n) is 11.5. The van der Waals surface area contributed by atoms with E-state index in [0.29, 0.717) is 25.6 Å². The number of carboxylic acid groups (broad SMARTS) is 1. The third kappa shape index (κ3) is 3.86. The first-order valence-corrected chi connectivity index (χ1v) is 11.5. The van der Waals surface area contributed by atoms with Crippen LogP contribution in [0.5, 0.6) is 11.5 Å². The highest BCUT2D eigenvalue weighted by molar-refractivity contribution is 5.68. The van der Waals surface area contributed by atoms with Crippen LogP contribution in [0.3, 0.4) is 0 Å². The molecule has 0 aromatic heterocycles. The number of benzene rings is 2. The molecule has 6 heteroatoms. The third-order valence-electron chi connectivity index (χ3n) is 7.34. The quantitative estimate of drug-likeness (QED) is 0.698. The van der Waals surface area contributed by atoms with E-state index in [9.17, 15) is 9.90 Å². The summed E-state index contributed by atoms with van der Waals surface area (Å²) in [6.07, 6.45) is 3.46. The molecular weight excluding hydrogens is 408 g/mol. The Morgan fingerprint density at radius 3 is 2.75 bits per heavy atom. The van der Waals surface area contributed by atoms with E-state index in [-0.39, 0.29) is 24.4 Å². The molecule has 3 aliphatic rings. The number of carboxylic acids is 1. The van der Waals surface area contributed by atoms with Crippen molar-refractivity contribution >= 4 is 5.97 Å². The second-order valence-electron chi connectivity index (χ2n) is 9.36. The van der Waals surface area contributed by atoms with Gasteiger partial charge in [0.15, 0.2) is 0 Å². The van der Waals surface area contributed by atoms with E-state index >= 15 is 0 Å². The Bertz CT molecular complexity index is 1010. The number of ether oxygens (including phenoxy) is 3. The van der Waals surface area contributed by atoms with Crippen molar-refractivity contribution in [2.24, 2.45) is 5.92 Å². The fourth-order valence-corrected chi connectivity index (χ4v) is 5.57. The predicted octanol–water partition coefficient (Wildman–Crippen LogP) is 4.34. The maximum Gasteiger partial charge on any atom is 0.304 e. The summed E-state index contributed by atoms with van der Waals surface area (Å²) in [6, 6.07) is 11.9. The number of aliphatic hydroxyl groups is 1. The molecule has 0 amide bonds. The lowest BCUT2D eigenvalue weighted by atomic mass is 9.76. The van der Waals surface area contributed by atoms with Crippen LogP contribution in [0.25, 0.3) is 0 Å². The van der Waals surface area contributed by atoms with Crippen molar-refractivity contribution in [3.63, 3.8) is 0 Å². The maximum absolute atomic E-state index is 11.5. The van der Waals surface area contributed by atoms with Crippen LogP contribution in [-0.2, 0) is 21.6 Å². The van der Waals surface area contributed by atoms with Crippen LogP contribution in [0.4, 0.5) is 0 Å². The fourth-order valence-electron chi connectivity index (χ4n) is 5.57. The van der Waals surface area contributed by atoms with Gasteiger partial charge in [0.25, 0.3) is 0 Å². The maximum atomic E-state index is 11.5. The molecule has 1 unspecified atom stereocenters. The Kier molecular flexibility index (Phi) is 5.59. The SMILES string of the molecule is C[C@](O)(c1cccc2c1CC[C@@H]2Oc1ccc2c(c1)OCC2CC(=O)O)C1CCOCC1. The summed E-state index contributed by atoms with van der Waals surface area (Å²) < 4.78 is 17.6. The van der Waals surface area contributed by atoms with E-state index < -0.39 is 11.6 Å². The zero-order valence-corrected chi connectivity index (χ0v) is 18.4. The number of hydrogen-bond acceptors (Lipinski definition) is 5. The highest BCUT2D eigenvalue weighted by atomic mass is 16.5. The van der Waals surface area contributed by atoms with Crippen LogP contribution < -0.4 is 9.47 Å². The van der Waals surface area contributed by atoms with E-state index in [2.05, 4.69) is 12.1 Å². The molecule has 6 nitrogen and oxygen atoms in total. The molecule has 2 heterocycles. The molecule has 0 bridgehead atoms. The lowest BCUT2D eigenvalue weighted by molar-refractivity contribution is -0.137. The smallest absolute Gasteiger partial charge is 0.304 e. The second-order valence-corrected chi connectivity index (χ2v) is 9.36. The van der Waals surface area contributed by atoms with Crippen LogP contribution in [0.15, 0.2) is 36.4 Å². The number of carbonyl (C=O) groups is 1. The van der Waals surface area contributed by atoms with E-state index in [4.69, 9.17) is 19.3 Å². The van der Waals surface area contributed by atoms with Gasteiger partial charge in [0.2, 0.25) is 0 Å². The van der Waals surface area contributed by atoms with Gasteiger partial charge in [0.1, 0.15) is 17.6 Å². The first-order chi connectivity index (χ1) is 15.4. The third-order valence-corrected chi connectivity index (χ3v) is 7.34. The lowest BCUT2D eigenvalue weighted by Crippen LogP contribution is -2.36. The van der Waals surface area contributed by atoms with Crippen LogP contribution >= 0.6 is 0 Å². The van der Waals surface area contributed by atoms with Gasteiger partial charge in [0.05, 0.1) is 18.6 Å². The fraction of sp³-hybridized carbons (Fsp3) is 0.500. The van der Waals surface area contributed by atoms with Crippen LogP contribution in [-0.4, -0.2) is 36.0 Å². The first kappa shape index (κ1) is 21.3. The lowest BCUT2D eigenvalue weighted by Gasteiger charge is -2.37. The van der Waals surface area contributed by atoms with Crippen molar-refractivity contribution in [2.45, 2.75) is 56.7 Å². The van der Waals surface area contributed by atoms with Crippen LogP contribution in [0, 0.1) is 5.92 Å². The zero-order valence-electron chi connectivity index (χ0n) is 18.4. The van der Waals surface area contributed by atoms with E-state index in [0.717, 1.165) is 48.1 Å². The standard InChI is InChI=1S/C26H30O6/c1-26(29,17-9-11-30-12-10-17)22-4-2-3-21-20(22)7-8-23(21)32-18-5-6-19-16(13-25(27)28)15-31-24(19)14-18/h2-6,14,16-17,23,29H,7-13,15H2,1H3,(H,27,28)/t16?,23-,26+/m0/s1. The van der Waals surface area contributed by atoms with Gasteiger partial charge >= 0.3 is 5.97 Å². The Morgan fingerprint density at radius 1 is 1.16 bits per heavy atom. The monoisotopic (exact) mass is 438 g/mol. The molecule has 1 fully saturated rings. The Hall–Kier alpha value is -2.57. The summed E-state index contributed by atoms with van der Waals surface area (Å²) in [5.74, 6) is 0.693. The Labute approximate surface area is 188 Å².